The van der Waals surface area contributed by atoms with Gasteiger partial charge >= 0.3 is 5.51 Å². The number of benzene rings is 1. The van der Waals surface area contributed by atoms with Crippen LogP contribution in [0.25, 0.3) is 11.1 Å². The van der Waals surface area contributed by atoms with E-state index in [1.807, 2.05) is 18.2 Å². The van der Waals surface area contributed by atoms with Gasteiger partial charge in [0.1, 0.15) is 0 Å². The van der Waals surface area contributed by atoms with Crippen LogP contribution in [0, 0.1) is 0 Å². The van der Waals surface area contributed by atoms with Crippen LogP contribution in [-0.4, -0.2) is 21.0 Å². The molecule has 1 aromatic carbocycles. The van der Waals surface area contributed by atoms with Crippen molar-refractivity contribution < 1.29 is 13.2 Å². The van der Waals surface area contributed by atoms with Crippen molar-refractivity contribution in [2.24, 2.45) is 0 Å². The van der Waals surface area contributed by atoms with Gasteiger partial charge in [-0.25, -0.2) is 0 Å². The number of nitrogens with zero attached hydrogens (tertiary/aromatic N) is 2. The summed E-state index contributed by atoms with van der Waals surface area (Å²) in [6.07, 6.45) is 3.30. The van der Waals surface area contributed by atoms with E-state index in [0.717, 1.165) is 11.1 Å². The highest BCUT2D eigenvalue weighted by Gasteiger charge is 2.27. The Kier molecular flexibility index (Phi) is 4.04. The van der Waals surface area contributed by atoms with Gasteiger partial charge in [-0.1, -0.05) is 18.2 Å². The third-order valence-corrected chi connectivity index (χ3v) is 3.21. The molecule has 7 heteroatoms. The van der Waals surface area contributed by atoms with Gasteiger partial charge in [-0.15, -0.1) is 0 Å². The Bertz CT molecular complexity index is 551. The zero-order valence-electron chi connectivity index (χ0n) is 9.89. The van der Waals surface area contributed by atoms with Crippen molar-refractivity contribution in [1.82, 2.24) is 9.78 Å². The van der Waals surface area contributed by atoms with E-state index < -0.39 is 5.51 Å². The SMILES string of the molecule is Nc1ccccc1-c1cnn(CCSC(F)(F)F)c1. The summed E-state index contributed by atoms with van der Waals surface area (Å²) < 4.78 is 37.5. The molecule has 2 N–H and O–H groups in total. The second kappa shape index (κ2) is 5.56. The van der Waals surface area contributed by atoms with Gasteiger partial charge in [-0.05, 0) is 17.8 Å². The van der Waals surface area contributed by atoms with Crippen molar-refractivity contribution >= 4 is 17.4 Å². The van der Waals surface area contributed by atoms with E-state index in [2.05, 4.69) is 5.10 Å². The largest absolute Gasteiger partial charge is 0.441 e. The zero-order valence-corrected chi connectivity index (χ0v) is 10.7. The maximum absolute atomic E-state index is 12.0. The summed E-state index contributed by atoms with van der Waals surface area (Å²) in [5, 5.41) is 4.03. The molecule has 0 radical (unpaired) electrons. The lowest BCUT2D eigenvalue weighted by Gasteiger charge is -2.05. The summed E-state index contributed by atoms with van der Waals surface area (Å²) in [5.74, 6) is -0.0606. The van der Waals surface area contributed by atoms with Crippen LogP contribution in [0.3, 0.4) is 0 Å². The molecule has 2 aromatic rings. The van der Waals surface area contributed by atoms with Crippen molar-refractivity contribution in [3.05, 3.63) is 36.7 Å². The highest BCUT2D eigenvalue weighted by atomic mass is 32.2. The number of anilines is 1. The van der Waals surface area contributed by atoms with Crippen LogP contribution < -0.4 is 5.73 Å². The zero-order chi connectivity index (χ0) is 13.9. The van der Waals surface area contributed by atoms with Crippen molar-refractivity contribution in [1.29, 1.82) is 0 Å². The molecule has 0 fully saturated rings. The van der Waals surface area contributed by atoms with Crippen LogP contribution >= 0.6 is 11.8 Å². The smallest absolute Gasteiger partial charge is 0.398 e. The van der Waals surface area contributed by atoms with Crippen molar-refractivity contribution in [3.63, 3.8) is 0 Å². The average molecular weight is 287 g/mol. The normalized spacial score (nSPS) is 11.7. The first-order valence-corrected chi connectivity index (χ1v) is 6.52. The topological polar surface area (TPSA) is 43.8 Å². The van der Waals surface area contributed by atoms with Gasteiger partial charge in [-0.3, -0.25) is 4.68 Å². The molecule has 0 bridgehead atoms. The number of nitrogens with two attached hydrogens (primary N) is 1. The number of aromatic nitrogens is 2. The maximum Gasteiger partial charge on any atom is 0.441 e. The second-order valence-corrected chi connectivity index (χ2v) is 5.03. The number of halogens is 3. The van der Waals surface area contributed by atoms with Crippen LogP contribution in [0.1, 0.15) is 0 Å². The van der Waals surface area contributed by atoms with Crippen LogP contribution in [0.5, 0.6) is 0 Å². The number of nitrogen functional groups attached to an aromatic ring is 1. The minimum atomic E-state index is -4.19. The first-order valence-electron chi connectivity index (χ1n) is 5.54. The van der Waals surface area contributed by atoms with E-state index in [9.17, 15) is 13.2 Å². The van der Waals surface area contributed by atoms with Gasteiger partial charge in [-0.2, -0.15) is 18.3 Å². The van der Waals surface area contributed by atoms with E-state index in [-0.39, 0.29) is 24.1 Å². The fourth-order valence-electron chi connectivity index (χ4n) is 1.64. The molecule has 0 spiro atoms. The van der Waals surface area contributed by atoms with E-state index in [1.54, 1.807) is 18.5 Å². The minimum absolute atomic E-state index is 0.0489. The van der Waals surface area contributed by atoms with Gasteiger partial charge < -0.3 is 5.73 Å². The summed E-state index contributed by atoms with van der Waals surface area (Å²) in [5.41, 5.74) is 3.88. The summed E-state index contributed by atoms with van der Waals surface area (Å²) in [7, 11) is 0. The highest BCUT2D eigenvalue weighted by Crippen LogP contribution is 2.30. The molecule has 0 saturated carbocycles. The lowest BCUT2D eigenvalue weighted by atomic mass is 10.1. The van der Waals surface area contributed by atoms with Crippen LogP contribution in [0.2, 0.25) is 0 Å². The Morgan fingerprint density at radius 1 is 1.26 bits per heavy atom. The molecular formula is C12H12F3N3S. The van der Waals surface area contributed by atoms with Crippen molar-refractivity contribution in [2.45, 2.75) is 12.1 Å². The number of hydrogen-bond acceptors (Lipinski definition) is 3. The maximum atomic E-state index is 12.0. The predicted molar refractivity (Wildman–Crippen MR) is 70.6 cm³/mol. The Morgan fingerprint density at radius 3 is 2.68 bits per heavy atom. The summed E-state index contributed by atoms with van der Waals surface area (Å²) >= 11 is -0.0489. The highest BCUT2D eigenvalue weighted by molar-refractivity contribution is 8.00. The minimum Gasteiger partial charge on any atom is -0.398 e. The first kappa shape index (κ1) is 13.8. The molecular weight excluding hydrogens is 275 g/mol. The summed E-state index contributed by atoms with van der Waals surface area (Å²) in [4.78, 5) is 0. The lowest BCUT2D eigenvalue weighted by Crippen LogP contribution is -2.07. The Hall–Kier alpha value is -1.63. The average Bonchev–Trinajstić information content (AvgIpc) is 2.76. The lowest BCUT2D eigenvalue weighted by molar-refractivity contribution is -0.0328. The first-order chi connectivity index (χ1) is 8.96. The van der Waals surface area contributed by atoms with Crippen LogP contribution in [0.4, 0.5) is 18.9 Å². The van der Waals surface area contributed by atoms with Gasteiger partial charge in [0, 0.05) is 28.8 Å². The van der Waals surface area contributed by atoms with Gasteiger partial charge in [0.15, 0.2) is 0 Å². The van der Waals surface area contributed by atoms with Crippen LogP contribution in [0.15, 0.2) is 36.7 Å². The van der Waals surface area contributed by atoms with Gasteiger partial charge in [0.25, 0.3) is 0 Å². The summed E-state index contributed by atoms with van der Waals surface area (Å²) in [6.45, 7) is 0.205. The van der Waals surface area contributed by atoms with Crippen LogP contribution in [-0.2, 0) is 6.54 Å². The van der Waals surface area contributed by atoms with E-state index in [4.69, 9.17) is 5.73 Å². The van der Waals surface area contributed by atoms with Gasteiger partial charge in [0.2, 0.25) is 0 Å². The van der Waals surface area contributed by atoms with Crippen molar-refractivity contribution in [3.8, 4) is 11.1 Å². The van der Waals surface area contributed by atoms with E-state index in [1.165, 1.54) is 4.68 Å². The standard InChI is InChI=1S/C12H12F3N3S/c13-12(14,15)19-6-5-18-8-9(7-17-18)10-3-1-2-4-11(10)16/h1-4,7-8H,5-6,16H2. The number of para-hydroxylation sites is 1. The number of alkyl halides is 3. The van der Waals surface area contributed by atoms with Crippen molar-refractivity contribution in [2.75, 3.05) is 11.5 Å². The molecule has 0 atom stereocenters. The molecule has 102 valence electrons. The number of hydrogen-bond donors (Lipinski definition) is 1. The molecule has 1 aromatic heterocycles. The monoisotopic (exact) mass is 287 g/mol. The van der Waals surface area contributed by atoms with Gasteiger partial charge in [0.05, 0.1) is 12.7 Å². The molecule has 3 nitrogen and oxygen atoms in total. The molecule has 0 aliphatic heterocycles. The quantitative estimate of drug-likeness (QED) is 0.877. The number of thioether (sulfide) groups is 1. The third-order valence-electron chi connectivity index (χ3n) is 2.49. The van der Waals surface area contributed by atoms with E-state index in [0.29, 0.717) is 5.69 Å². The molecule has 0 aliphatic carbocycles. The Labute approximate surface area is 112 Å². The third kappa shape index (κ3) is 3.92. The summed E-state index contributed by atoms with van der Waals surface area (Å²) in [6, 6.07) is 7.29. The Morgan fingerprint density at radius 2 is 2.00 bits per heavy atom. The number of aryl methyl sites for hydroxylation is 1. The predicted octanol–water partition coefficient (Wildman–Crippen LogP) is 3.39. The molecule has 2 rings (SSSR count). The Balaban J connectivity index is 2.02. The molecule has 1 heterocycles. The fourth-order valence-corrected chi connectivity index (χ4v) is 2.15. The van der Waals surface area contributed by atoms with E-state index >= 15 is 0 Å². The molecule has 0 unspecified atom stereocenters. The molecule has 0 amide bonds. The second-order valence-electron chi connectivity index (χ2n) is 3.87. The fraction of sp³-hybridized carbons (Fsp3) is 0.250. The molecule has 0 aliphatic rings. The number of rotatable bonds is 4. The molecule has 19 heavy (non-hydrogen) atoms. The molecule has 0 saturated heterocycles.